The molecule has 0 unspecified atom stereocenters. The number of anilines is 1. The second-order valence-electron chi connectivity index (χ2n) is 8.46. The molecule has 1 aromatic heterocycles. The predicted molar refractivity (Wildman–Crippen MR) is 135 cm³/mol. The Bertz CT molecular complexity index is 1220. The minimum atomic E-state index is -0.401. The molecule has 166 valence electrons. The summed E-state index contributed by atoms with van der Waals surface area (Å²) in [5.74, 6) is -0.358. The first-order valence-electron chi connectivity index (χ1n) is 11.4. The summed E-state index contributed by atoms with van der Waals surface area (Å²) in [6.45, 7) is 1.68. The number of nitrogens with one attached hydrogen (secondary N) is 1. The van der Waals surface area contributed by atoms with Crippen LogP contribution in [-0.2, 0) is 4.79 Å². The summed E-state index contributed by atoms with van der Waals surface area (Å²) in [7, 11) is 0. The van der Waals surface area contributed by atoms with Crippen LogP contribution in [0.3, 0.4) is 0 Å². The van der Waals surface area contributed by atoms with Crippen LogP contribution in [0.25, 0.3) is 10.1 Å². The Morgan fingerprint density at radius 1 is 0.788 bits per heavy atom. The molecule has 0 bridgehead atoms. The van der Waals surface area contributed by atoms with Gasteiger partial charge in [0.05, 0.1) is 10.8 Å². The van der Waals surface area contributed by atoms with E-state index in [0.717, 1.165) is 57.7 Å². The summed E-state index contributed by atoms with van der Waals surface area (Å²) in [6.07, 6.45) is 3.36. The molecule has 1 saturated heterocycles. The van der Waals surface area contributed by atoms with Crippen molar-refractivity contribution in [1.29, 1.82) is 0 Å². The van der Waals surface area contributed by atoms with Crippen LogP contribution in [0.2, 0.25) is 0 Å². The normalized spacial score (nSPS) is 13.9. The zero-order valence-corrected chi connectivity index (χ0v) is 19.2. The van der Waals surface area contributed by atoms with E-state index in [0.29, 0.717) is 0 Å². The molecule has 5 rings (SSSR count). The zero-order chi connectivity index (χ0) is 22.6. The molecular formula is C28H26N2O2S. The van der Waals surface area contributed by atoms with Crippen molar-refractivity contribution in [3.63, 3.8) is 0 Å². The molecule has 2 heterocycles. The fourth-order valence-corrected chi connectivity index (χ4v) is 5.49. The number of rotatable bonds is 5. The van der Waals surface area contributed by atoms with E-state index < -0.39 is 5.92 Å². The maximum atomic E-state index is 13.4. The van der Waals surface area contributed by atoms with Gasteiger partial charge in [-0.1, -0.05) is 60.7 Å². The molecule has 4 nitrogen and oxygen atoms in total. The second-order valence-corrected chi connectivity index (χ2v) is 9.54. The van der Waals surface area contributed by atoms with Crippen molar-refractivity contribution in [2.75, 3.05) is 18.4 Å². The number of nitrogens with zero attached hydrogens (tertiary/aromatic N) is 1. The molecule has 33 heavy (non-hydrogen) atoms. The summed E-state index contributed by atoms with van der Waals surface area (Å²) in [5.41, 5.74) is 2.64. The van der Waals surface area contributed by atoms with Crippen LogP contribution in [0.5, 0.6) is 0 Å². The Hall–Kier alpha value is -3.44. The topological polar surface area (TPSA) is 49.4 Å². The molecule has 5 heteroatoms. The molecule has 1 aliphatic rings. The van der Waals surface area contributed by atoms with Gasteiger partial charge in [-0.2, -0.15) is 0 Å². The van der Waals surface area contributed by atoms with Gasteiger partial charge < -0.3 is 10.2 Å². The van der Waals surface area contributed by atoms with E-state index in [1.165, 1.54) is 17.8 Å². The van der Waals surface area contributed by atoms with Gasteiger partial charge in [0, 0.05) is 23.5 Å². The average Bonchev–Trinajstić information content (AvgIpc) is 3.29. The minimum Gasteiger partial charge on any atom is -0.338 e. The first-order valence-corrected chi connectivity index (χ1v) is 12.2. The number of hydrogen-bond acceptors (Lipinski definition) is 3. The first-order chi connectivity index (χ1) is 16.2. The molecule has 1 aliphatic heterocycles. The van der Waals surface area contributed by atoms with E-state index >= 15 is 0 Å². The number of carbonyl (C=O) groups is 2. The van der Waals surface area contributed by atoms with Crippen LogP contribution >= 0.6 is 11.3 Å². The van der Waals surface area contributed by atoms with Crippen molar-refractivity contribution in [3.8, 4) is 0 Å². The maximum absolute atomic E-state index is 13.4. The lowest BCUT2D eigenvalue weighted by Crippen LogP contribution is -2.35. The molecule has 0 atom stereocenters. The third kappa shape index (κ3) is 4.69. The highest BCUT2D eigenvalue weighted by molar-refractivity contribution is 7.20. The highest BCUT2D eigenvalue weighted by atomic mass is 32.1. The zero-order valence-electron chi connectivity index (χ0n) is 18.4. The molecule has 4 aromatic rings. The van der Waals surface area contributed by atoms with E-state index in [2.05, 4.69) is 5.32 Å². The quantitative estimate of drug-likeness (QED) is 0.385. The van der Waals surface area contributed by atoms with Gasteiger partial charge in [-0.15, -0.1) is 11.3 Å². The summed E-state index contributed by atoms with van der Waals surface area (Å²) < 4.78 is 1.05. The van der Waals surface area contributed by atoms with Crippen molar-refractivity contribution < 1.29 is 9.59 Å². The van der Waals surface area contributed by atoms with Crippen LogP contribution in [0.1, 0.15) is 46.0 Å². The van der Waals surface area contributed by atoms with Gasteiger partial charge in [0.2, 0.25) is 5.91 Å². The Morgan fingerprint density at radius 3 is 2.06 bits per heavy atom. The van der Waals surface area contributed by atoms with Gasteiger partial charge in [-0.25, -0.2) is 0 Å². The van der Waals surface area contributed by atoms with Gasteiger partial charge in [-0.3, -0.25) is 9.59 Å². The number of carbonyl (C=O) groups excluding carboxylic acids is 2. The minimum absolute atomic E-state index is 0.0772. The highest BCUT2D eigenvalue weighted by Gasteiger charge is 2.23. The SMILES string of the molecule is O=C(Nc1ccc2sc(C(=O)N3CCCCC3)cc2c1)C(c1ccccc1)c1ccccc1. The lowest BCUT2D eigenvalue weighted by molar-refractivity contribution is -0.116. The number of likely N-dealkylation sites (tertiary alicyclic amines) is 1. The summed E-state index contributed by atoms with van der Waals surface area (Å²) in [4.78, 5) is 29.0. The van der Waals surface area contributed by atoms with Crippen LogP contribution in [0, 0.1) is 0 Å². The standard InChI is InChI=1S/C28H26N2O2S/c31-27(26(20-10-4-1-5-11-20)21-12-6-2-7-13-21)29-23-14-15-24-22(18-23)19-25(33-24)28(32)30-16-8-3-9-17-30/h1-2,4-7,10-15,18-19,26H,3,8-9,16-17H2,(H,29,31). The Balaban J connectivity index is 1.39. The number of fused-ring (bicyclic) bond motifs is 1. The molecule has 3 aromatic carbocycles. The lowest BCUT2D eigenvalue weighted by Gasteiger charge is -2.26. The monoisotopic (exact) mass is 454 g/mol. The number of thiophene rings is 1. The van der Waals surface area contributed by atoms with Crippen molar-refractivity contribution in [2.24, 2.45) is 0 Å². The van der Waals surface area contributed by atoms with Gasteiger partial charge in [0.25, 0.3) is 5.91 Å². The number of piperidine rings is 1. The Kier molecular flexibility index (Phi) is 6.22. The smallest absolute Gasteiger partial charge is 0.263 e. The fraction of sp³-hybridized carbons (Fsp3) is 0.214. The van der Waals surface area contributed by atoms with Gasteiger partial charge in [0.15, 0.2) is 0 Å². The number of benzene rings is 3. The van der Waals surface area contributed by atoms with Crippen LogP contribution in [0.15, 0.2) is 84.9 Å². The lowest BCUT2D eigenvalue weighted by atomic mass is 9.90. The Labute approximate surface area is 197 Å². The molecule has 0 saturated carbocycles. The van der Waals surface area contributed by atoms with E-state index in [1.54, 1.807) is 0 Å². The third-order valence-electron chi connectivity index (χ3n) is 6.17. The maximum Gasteiger partial charge on any atom is 0.263 e. The molecular weight excluding hydrogens is 428 g/mol. The Morgan fingerprint density at radius 2 is 1.42 bits per heavy atom. The van der Waals surface area contributed by atoms with Gasteiger partial charge in [0.1, 0.15) is 0 Å². The van der Waals surface area contributed by atoms with Crippen molar-refractivity contribution in [2.45, 2.75) is 25.2 Å². The van der Waals surface area contributed by atoms with Gasteiger partial charge >= 0.3 is 0 Å². The molecule has 0 spiro atoms. The van der Waals surface area contributed by atoms with Gasteiger partial charge in [-0.05, 0) is 60.0 Å². The predicted octanol–water partition coefficient (Wildman–Crippen LogP) is 6.30. The van der Waals surface area contributed by atoms with E-state index in [1.807, 2.05) is 89.8 Å². The summed E-state index contributed by atoms with van der Waals surface area (Å²) in [5, 5.41) is 4.08. The largest absolute Gasteiger partial charge is 0.338 e. The average molecular weight is 455 g/mol. The fourth-order valence-electron chi connectivity index (χ4n) is 4.48. The van der Waals surface area contributed by atoms with Crippen molar-refractivity contribution in [3.05, 3.63) is 101 Å². The summed E-state index contributed by atoms with van der Waals surface area (Å²) in [6, 6.07) is 27.5. The van der Waals surface area contributed by atoms with Crippen molar-refractivity contribution in [1.82, 2.24) is 4.90 Å². The molecule has 2 amide bonds. The van der Waals surface area contributed by atoms with Crippen molar-refractivity contribution >= 4 is 38.9 Å². The first kappa shape index (κ1) is 21.4. The van der Waals surface area contributed by atoms with E-state index in [9.17, 15) is 9.59 Å². The molecule has 0 radical (unpaired) electrons. The number of amides is 2. The third-order valence-corrected chi connectivity index (χ3v) is 7.27. The summed E-state index contributed by atoms with van der Waals surface area (Å²) >= 11 is 1.52. The van der Waals surface area contributed by atoms with Crippen LogP contribution < -0.4 is 5.32 Å². The van der Waals surface area contributed by atoms with E-state index in [-0.39, 0.29) is 11.8 Å². The molecule has 1 fully saturated rings. The number of hydrogen-bond donors (Lipinski definition) is 1. The molecule has 0 aliphatic carbocycles. The van der Waals surface area contributed by atoms with Crippen LogP contribution in [-0.4, -0.2) is 29.8 Å². The van der Waals surface area contributed by atoms with Crippen LogP contribution in [0.4, 0.5) is 5.69 Å². The highest BCUT2D eigenvalue weighted by Crippen LogP contribution is 2.31. The second kappa shape index (κ2) is 9.59. The van der Waals surface area contributed by atoms with E-state index in [4.69, 9.17) is 0 Å². The molecule has 1 N–H and O–H groups in total.